The van der Waals surface area contributed by atoms with Crippen molar-refractivity contribution < 1.29 is 14.7 Å². The highest BCUT2D eigenvalue weighted by atomic mass is 16.4. The number of nitrogens with one attached hydrogen (secondary N) is 1. The van der Waals surface area contributed by atoms with Gasteiger partial charge in [0.1, 0.15) is 0 Å². The van der Waals surface area contributed by atoms with Gasteiger partial charge in [-0.05, 0) is 39.0 Å². The summed E-state index contributed by atoms with van der Waals surface area (Å²) >= 11 is 0. The van der Waals surface area contributed by atoms with Gasteiger partial charge in [-0.25, -0.2) is 0 Å². The van der Waals surface area contributed by atoms with E-state index >= 15 is 0 Å². The van der Waals surface area contributed by atoms with E-state index < -0.39 is 5.97 Å². The molecule has 0 aromatic heterocycles. The Labute approximate surface area is 127 Å². The molecule has 0 aromatic rings. The quantitative estimate of drug-likeness (QED) is 0.832. The van der Waals surface area contributed by atoms with Crippen LogP contribution in [0.3, 0.4) is 0 Å². The molecule has 21 heavy (non-hydrogen) atoms. The van der Waals surface area contributed by atoms with Crippen molar-refractivity contribution in [3.05, 3.63) is 0 Å². The van der Waals surface area contributed by atoms with E-state index in [-0.39, 0.29) is 23.9 Å². The van der Waals surface area contributed by atoms with Gasteiger partial charge in [-0.3, -0.25) is 9.59 Å². The fourth-order valence-corrected chi connectivity index (χ4v) is 3.56. The van der Waals surface area contributed by atoms with Crippen LogP contribution in [0.1, 0.15) is 58.3 Å². The van der Waals surface area contributed by atoms with Crippen molar-refractivity contribution in [2.75, 3.05) is 13.1 Å². The summed E-state index contributed by atoms with van der Waals surface area (Å²) in [5, 5.41) is 12.5. The number of carboxylic acid groups (broad SMARTS) is 1. The molecule has 5 heteroatoms. The van der Waals surface area contributed by atoms with Gasteiger partial charge in [0, 0.05) is 19.1 Å². The number of hydrogen-bond donors (Lipinski definition) is 2. The molecule has 1 saturated heterocycles. The minimum atomic E-state index is -0.701. The van der Waals surface area contributed by atoms with E-state index in [0.29, 0.717) is 6.42 Å². The highest BCUT2D eigenvalue weighted by Crippen LogP contribution is 2.25. The molecular formula is C16H28N2O3. The van der Waals surface area contributed by atoms with E-state index in [0.717, 1.165) is 45.2 Å². The van der Waals surface area contributed by atoms with E-state index in [1.165, 1.54) is 12.8 Å². The molecule has 2 fully saturated rings. The predicted molar refractivity (Wildman–Crippen MR) is 81.0 cm³/mol. The van der Waals surface area contributed by atoms with Gasteiger partial charge >= 0.3 is 5.97 Å². The smallest absolute Gasteiger partial charge is 0.306 e. The van der Waals surface area contributed by atoms with Gasteiger partial charge in [0.15, 0.2) is 0 Å². The standard InChI is InChI=1S/C16H28N2O3/c1-12(15(19)18-9-4-2-3-5-10-18)17-14-8-6-7-13(11-14)16(20)21/h12-14,17H,2-11H2,1H3,(H,20,21). The first-order chi connectivity index (χ1) is 10.1. The highest BCUT2D eigenvalue weighted by molar-refractivity contribution is 5.81. The number of carboxylic acids is 1. The summed E-state index contributed by atoms with van der Waals surface area (Å²) in [5.41, 5.74) is 0. The molecular weight excluding hydrogens is 268 g/mol. The average molecular weight is 296 g/mol. The molecule has 1 heterocycles. The van der Waals surface area contributed by atoms with Gasteiger partial charge < -0.3 is 15.3 Å². The predicted octanol–water partition coefficient (Wildman–Crippen LogP) is 2.01. The first-order valence-corrected chi connectivity index (χ1v) is 8.35. The Bertz CT molecular complexity index is 365. The van der Waals surface area contributed by atoms with Gasteiger partial charge in [0.25, 0.3) is 0 Å². The molecule has 1 aliphatic carbocycles. The first-order valence-electron chi connectivity index (χ1n) is 8.35. The second-order valence-electron chi connectivity index (χ2n) is 6.53. The number of nitrogens with zero attached hydrogens (tertiary/aromatic N) is 1. The number of carbonyl (C=O) groups excluding carboxylic acids is 1. The van der Waals surface area contributed by atoms with Gasteiger partial charge in [-0.2, -0.15) is 0 Å². The minimum Gasteiger partial charge on any atom is -0.481 e. The normalized spacial score (nSPS) is 28.7. The van der Waals surface area contributed by atoms with Crippen LogP contribution in [-0.2, 0) is 9.59 Å². The molecule has 0 radical (unpaired) electrons. The minimum absolute atomic E-state index is 0.158. The zero-order valence-corrected chi connectivity index (χ0v) is 13.0. The Balaban J connectivity index is 1.83. The van der Waals surface area contributed by atoms with Crippen LogP contribution >= 0.6 is 0 Å². The van der Waals surface area contributed by atoms with E-state index in [9.17, 15) is 9.59 Å². The molecule has 3 unspecified atom stereocenters. The molecule has 2 aliphatic rings. The highest BCUT2D eigenvalue weighted by Gasteiger charge is 2.29. The summed E-state index contributed by atoms with van der Waals surface area (Å²) in [6.45, 7) is 3.65. The summed E-state index contributed by atoms with van der Waals surface area (Å²) in [6.07, 6.45) is 7.95. The zero-order valence-electron chi connectivity index (χ0n) is 13.0. The van der Waals surface area contributed by atoms with Crippen molar-refractivity contribution in [2.24, 2.45) is 5.92 Å². The van der Waals surface area contributed by atoms with E-state index in [4.69, 9.17) is 5.11 Å². The average Bonchev–Trinajstić information content (AvgIpc) is 2.75. The van der Waals surface area contributed by atoms with Crippen molar-refractivity contribution in [3.8, 4) is 0 Å². The van der Waals surface area contributed by atoms with Crippen LogP contribution in [0.15, 0.2) is 0 Å². The number of hydrogen-bond acceptors (Lipinski definition) is 3. The van der Waals surface area contributed by atoms with Gasteiger partial charge in [-0.15, -0.1) is 0 Å². The molecule has 2 N–H and O–H groups in total. The zero-order chi connectivity index (χ0) is 15.2. The maximum Gasteiger partial charge on any atom is 0.306 e. The Morgan fingerprint density at radius 2 is 1.76 bits per heavy atom. The maximum atomic E-state index is 12.5. The summed E-state index contributed by atoms with van der Waals surface area (Å²) in [5.74, 6) is -0.779. The number of amides is 1. The third-order valence-corrected chi connectivity index (χ3v) is 4.80. The number of likely N-dealkylation sites (tertiary alicyclic amines) is 1. The second kappa shape index (κ2) is 7.78. The van der Waals surface area contributed by atoms with Gasteiger partial charge in [0.05, 0.1) is 12.0 Å². The summed E-state index contributed by atoms with van der Waals surface area (Å²) in [7, 11) is 0. The molecule has 1 saturated carbocycles. The molecule has 120 valence electrons. The topological polar surface area (TPSA) is 69.6 Å². The van der Waals surface area contributed by atoms with Crippen LogP contribution in [0.2, 0.25) is 0 Å². The van der Waals surface area contributed by atoms with Crippen molar-refractivity contribution in [2.45, 2.75) is 70.4 Å². The molecule has 1 amide bonds. The molecule has 5 nitrogen and oxygen atoms in total. The van der Waals surface area contributed by atoms with Gasteiger partial charge in [0.2, 0.25) is 5.91 Å². The van der Waals surface area contributed by atoms with E-state index in [1.807, 2.05) is 11.8 Å². The lowest BCUT2D eigenvalue weighted by atomic mass is 9.85. The van der Waals surface area contributed by atoms with Crippen LogP contribution in [-0.4, -0.2) is 47.1 Å². The Hall–Kier alpha value is -1.10. The lowest BCUT2D eigenvalue weighted by molar-refractivity contribution is -0.143. The fourth-order valence-electron chi connectivity index (χ4n) is 3.56. The van der Waals surface area contributed by atoms with Crippen molar-refractivity contribution >= 4 is 11.9 Å². The summed E-state index contributed by atoms with van der Waals surface area (Å²) in [6, 6.07) is -0.0496. The second-order valence-corrected chi connectivity index (χ2v) is 6.53. The van der Waals surface area contributed by atoms with Crippen LogP contribution in [0, 0.1) is 5.92 Å². The Morgan fingerprint density at radius 3 is 2.38 bits per heavy atom. The maximum absolute atomic E-state index is 12.5. The molecule has 3 atom stereocenters. The number of carbonyl (C=O) groups is 2. The number of aliphatic carboxylic acids is 1. The first kappa shape index (κ1) is 16.3. The Morgan fingerprint density at radius 1 is 1.10 bits per heavy atom. The lowest BCUT2D eigenvalue weighted by Crippen LogP contribution is -2.50. The monoisotopic (exact) mass is 296 g/mol. The van der Waals surface area contributed by atoms with Gasteiger partial charge in [-0.1, -0.05) is 19.3 Å². The third-order valence-electron chi connectivity index (χ3n) is 4.80. The molecule has 0 bridgehead atoms. The molecule has 0 spiro atoms. The SMILES string of the molecule is CC(NC1CCCC(C(=O)O)C1)C(=O)N1CCCCCC1. The van der Waals surface area contributed by atoms with E-state index in [2.05, 4.69) is 5.32 Å². The fraction of sp³-hybridized carbons (Fsp3) is 0.875. The lowest BCUT2D eigenvalue weighted by Gasteiger charge is -2.31. The summed E-state index contributed by atoms with van der Waals surface area (Å²) in [4.78, 5) is 25.6. The van der Waals surface area contributed by atoms with Crippen LogP contribution in [0.4, 0.5) is 0 Å². The third kappa shape index (κ3) is 4.70. The molecule has 2 rings (SSSR count). The van der Waals surface area contributed by atoms with Crippen LogP contribution < -0.4 is 5.32 Å². The van der Waals surface area contributed by atoms with Crippen molar-refractivity contribution in [1.29, 1.82) is 0 Å². The van der Waals surface area contributed by atoms with E-state index in [1.54, 1.807) is 0 Å². The van der Waals surface area contributed by atoms with Crippen molar-refractivity contribution in [1.82, 2.24) is 10.2 Å². The van der Waals surface area contributed by atoms with Crippen LogP contribution in [0.25, 0.3) is 0 Å². The molecule has 0 aromatic carbocycles. The summed E-state index contributed by atoms with van der Waals surface area (Å²) < 4.78 is 0. The molecule has 1 aliphatic heterocycles. The van der Waals surface area contributed by atoms with Crippen LogP contribution in [0.5, 0.6) is 0 Å². The number of rotatable bonds is 4. The largest absolute Gasteiger partial charge is 0.481 e. The Kier molecular flexibility index (Phi) is 6.03. The van der Waals surface area contributed by atoms with Crippen molar-refractivity contribution in [3.63, 3.8) is 0 Å².